The van der Waals surface area contributed by atoms with Gasteiger partial charge in [0, 0.05) is 0 Å². The largest absolute Gasteiger partial charge is 0.504 e. The molecule has 1 aliphatic rings. The Morgan fingerprint density at radius 2 is 1.86 bits per heavy atom. The van der Waals surface area contributed by atoms with Gasteiger partial charge in [0.15, 0.2) is 23.6 Å². The van der Waals surface area contributed by atoms with E-state index in [0.717, 1.165) is 19.3 Å². The third kappa shape index (κ3) is 4.19. The summed E-state index contributed by atoms with van der Waals surface area (Å²) in [7, 11) is 1.39. The van der Waals surface area contributed by atoms with Crippen molar-refractivity contribution in [3.63, 3.8) is 0 Å². The molecule has 0 bridgehead atoms. The van der Waals surface area contributed by atoms with Crippen molar-refractivity contribution >= 4 is 11.9 Å². The molecule has 148 valence electrons. The molecule has 1 aliphatic carbocycles. The van der Waals surface area contributed by atoms with Gasteiger partial charge in [0.25, 0.3) is 5.91 Å². The van der Waals surface area contributed by atoms with Gasteiger partial charge in [-0.05, 0) is 67.1 Å². The Balaban J connectivity index is 1.69. The summed E-state index contributed by atoms with van der Waals surface area (Å²) in [5.74, 6) is -1.22. The second kappa shape index (κ2) is 8.21. The molecule has 0 heterocycles. The Kier molecular flexibility index (Phi) is 5.73. The van der Waals surface area contributed by atoms with E-state index in [4.69, 9.17) is 9.47 Å². The van der Waals surface area contributed by atoms with E-state index in [0.29, 0.717) is 5.75 Å². The number of amides is 1. The number of nitrogens with one attached hydrogen (secondary N) is 1. The zero-order valence-corrected chi connectivity index (χ0v) is 15.8. The van der Waals surface area contributed by atoms with Crippen LogP contribution >= 0.6 is 0 Å². The number of benzene rings is 2. The summed E-state index contributed by atoms with van der Waals surface area (Å²) >= 11 is 0. The average Bonchev–Trinajstić information content (AvgIpc) is 3.13. The normalized spacial score (nSPS) is 14.6. The van der Waals surface area contributed by atoms with E-state index in [2.05, 4.69) is 5.32 Å². The van der Waals surface area contributed by atoms with Crippen LogP contribution in [-0.2, 0) is 22.4 Å². The summed E-state index contributed by atoms with van der Waals surface area (Å²) in [6.45, 7) is 1.56. The molecule has 28 heavy (non-hydrogen) atoms. The summed E-state index contributed by atoms with van der Waals surface area (Å²) < 4.78 is 10.7. The number of carboxylic acid groups (broad SMARTS) is 1. The highest BCUT2D eigenvalue weighted by molar-refractivity contribution is 5.87. The molecule has 7 heteroatoms. The zero-order valence-electron chi connectivity index (χ0n) is 15.8. The second-order valence-electron chi connectivity index (χ2n) is 6.76. The monoisotopic (exact) mass is 385 g/mol. The van der Waals surface area contributed by atoms with Crippen molar-refractivity contribution in [2.24, 2.45) is 0 Å². The molecular weight excluding hydrogens is 362 g/mol. The first kappa shape index (κ1) is 19.5. The highest BCUT2D eigenvalue weighted by Crippen LogP contribution is 2.29. The lowest BCUT2D eigenvalue weighted by atomic mass is 10.1. The average molecular weight is 385 g/mol. The summed E-state index contributed by atoms with van der Waals surface area (Å²) in [6, 6.07) is 8.61. The number of aliphatic carboxylic acids is 1. The molecule has 0 aliphatic heterocycles. The van der Waals surface area contributed by atoms with E-state index in [1.54, 1.807) is 6.92 Å². The van der Waals surface area contributed by atoms with Crippen LogP contribution in [0.15, 0.2) is 36.4 Å². The lowest BCUT2D eigenvalue weighted by Crippen LogP contribution is -2.41. The third-order valence-corrected chi connectivity index (χ3v) is 4.82. The number of phenolic OH excluding ortho intramolecular Hbond substituents is 1. The first-order chi connectivity index (χ1) is 13.4. The summed E-state index contributed by atoms with van der Waals surface area (Å²) in [4.78, 5) is 24.1. The Hall–Kier alpha value is -3.22. The van der Waals surface area contributed by atoms with Crippen LogP contribution in [0.25, 0.3) is 0 Å². The van der Waals surface area contributed by atoms with Crippen molar-refractivity contribution in [1.29, 1.82) is 0 Å². The van der Waals surface area contributed by atoms with E-state index < -0.39 is 24.0 Å². The number of carbonyl (C=O) groups is 2. The summed E-state index contributed by atoms with van der Waals surface area (Å²) in [6.07, 6.45) is 2.28. The molecule has 3 N–H and O–H groups in total. The van der Waals surface area contributed by atoms with Gasteiger partial charge in [-0.25, -0.2) is 4.79 Å². The first-order valence-electron chi connectivity index (χ1n) is 9.07. The van der Waals surface area contributed by atoms with Gasteiger partial charge in [0.05, 0.1) is 7.11 Å². The Morgan fingerprint density at radius 3 is 2.54 bits per heavy atom. The fraction of sp³-hybridized carbons (Fsp3) is 0.333. The maximum atomic E-state index is 12.5. The lowest BCUT2D eigenvalue weighted by molar-refractivity contribution is -0.143. The number of aromatic hydroxyl groups is 1. The van der Waals surface area contributed by atoms with Gasteiger partial charge >= 0.3 is 5.97 Å². The lowest BCUT2D eigenvalue weighted by Gasteiger charge is -2.20. The second-order valence-corrected chi connectivity index (χ2v) is 6.76. The molecule has 1 amide bonds. The summed E-state index contributed by atoms with van der Waals surface area (Å²) in [5, 5.41) is 21.8. The van der Waals surface area contributed by atoms with Gasteiger partial charge < -0.3 is 25.0 Å². The first-order valence-corrected chi connectivity index (χ1v) is 9.07. The number of rotatable bonds is 7. The molecule has 0 spiro atoms. The number of hydrogen-bond donors (Lipinski definition) is 3. The molecule has 0 saturated carbocycles. The highest BCUT2D eigenvalue weighted by Gasteiger charge is 2.26. The van der Waals surface area contributed by atoms with Crippen molar-refractivity contribution < 1.29 is 29.3 Å². The number of aryl methyl sites for hydroxylation is 2. The van der Waals surface area contributed by atoms with Gasteiger partial charge in [-0.3, -0.25) is 4.79 Å². The SMILES string of the molecule is COc1ccc(C(NC(=O)C(C)Oc2ccc3c(c2)CCC3)C(=O)O)cc1O. The van der Waals surface area contributed by atoms with Crippen molar-refractivity contribution in [1.82, 2.24) is 5.32 Å². The molecule has 2 atom stereocenters. The van der Waals surface area contributed by atoms with Crippen LogP contribution in [0.3, 0.4) is 0 Å². The molecule has 2 unspecified atom stereocenters. The number of fused-ring (bicyclic) bond motifs is 1. The molecule has 0 fully saturated rings. The minimum Gasteiger partial charge on any atom is -0.504 e. The van der Waals surface area contributed by atoms with E-state index in [9.17, 15) is 19.8 Å². The predicted octanol–water partition coefficient (Wildman–Crippen LogP) is 2.60. The maximum Gasteiger partial charge on any atom is 0.330 e. The van der Waals surface area contributed by atoms with Crippen LogP contribution in [0.5, 0.6) is 17.2 Å². The highest BCUT2D eigenvalue weighted by atomic mass is 16.5. The van der Waals surface area contributed by atoms with Gasteiger partial charge in [-0.1, -0.05) is 12.1 Å². The molecule has 0 saturated heterocycles. The van der Waals surface area contributed by atoms with Crippen LogP contribution in [0, 0.1) is 0 Å². The van der Waals surface area contributed by atoms with Crippen molar-refractivity contribution in [3.8, 4) is 17.2 Å². The number of phenols is 1. The van der Waals surface area contributed by atoms with Crippen LogP contribution in [0.1, 0.15) is 36.1 Å². The third-order valence-electron chi connectivity index (χ3n) is 4.82. The summed E-state index contributed by atoms with van der Waals surface area (Å²) in [5.41, 5.74) is 2.75. The van der Waals surface area contributed by atoms with Gasteiger partial charge in [-0.15, -0.1) is 0 Å². The maximum absolute atomic E-state index is 12.5. The quantitative estimate of drug-likeness (QED) is 0.677. The van der Waals surface area contributed by atoms with Crippen molar-refractivity contribution in [3.05, 3.63) is 53.1 Å². The van der Waals surface area contributed by atoms with E-state index in [1.165, 1.54) is 36.4 Å². The number of ether oxygens (including phenoxy) is 2. The Labute approximate surface area is 162 Å². The van der Waals surface area contributed by atoms with Crippen LogP contribution < -0.4 is 14.8 Å². The smallest absolute Gasteiger partial charge is 0.330 e. The molecule has 2 aromatic carbocycles. The van der Waals surface area contributed by atoms with E-state index in [1.807, 2.05) is 18.2 Å². The number of carbonyl (C=O) groups excluding carboxylic acids is 1. The fourth-order valence-electron chi connectivity index (χ4n) is 3.31. The van der Waals surface area contributed by atoms with Crippen LogP contribution in [0.2, 0.25) is 0 Å². The Morgan fingerprint density at radius 1 is 1.11 bits per heavy atom. The molecule has 0 radical (unpaired) electrons. The molecule has 2 aromatic rings. The number of carboxylic acids is 1. The molecule has 3 rings (SSSR count). The Bertz CT molecular complexity index is 894. The fourth-order valence-corrected chi connectivity index (χ4v) is 3.31. The molecular formula is C21H23NO6. The zero-order chi connectivity index (χ0) is 20.3. The van der Waals surface area contributed by atoms with E-state index >= 15 is 0 Å². The standard InChI is InChI=1S/C21H23NO6/c1-12(28-16-8-6-13-4-3-5-14(13)10-16)20(24)22-19(21(25)26)15-7-9-18(27-2)17(23)11-15/h6-12,19,23H,3-5H2,1-2H3,(H,22,24)(H,25,26). The molecule has 0 aromatic heterocycles. The van der Waals surface area contributed by atoms with Crippen LogP contribution in [0.4, 0.5) is 0 Å². The number of methoxy groups -OCH3 is 1. The van der Waals surface area contributed by atoms with Crippen molar-refractivity contribution in [2.45, 2.75) is 38.3 Å². The van der Waals surface area contributed by atoms with Crippen molar-refractivity contribution in [2.75, 3.05) is 7.11 Å². The van der Waals surface area contributed by atoms with Gasteiger partial charge in [0.2, 0.25) is 0 Å². The van der Waals surface area contributed by atoms with Gasteiger partial charge in [0.1, 0.15) is 5.75 Å². The van der Waals surface area contributed by atoms with Crippen LogP contribution in [-0.4, -0.2) is 35.3 Å². The number of hydrogen-bond acceptors (Lipinski definition) is 5. The predicted molar refractivity (Wildman–Crippen MR) is 102 cm³/mol. The van der Waals surface area contributed by atoms with E-state index in [-0.39, 0.29) is 17.1 Å². The van der Waals surface area contributed by atoms with Gasteiger partial charge in [-0.2, -0.15) is 0 Å². The minimum atomic E-state index is -1.32. The topological polar surface area (TPSA) is 105 Å². The molecule has 7 nitrogen and oxygen atoms in total. The minimum absolute atomic E-state index is 0.206.